The van der Waals surface area contributed by atoms with Crippen LogP contribution >= 0.6 is 0 Å². The van der Waals surface area contributed by atoms with Crippen LogP contribution in [-0.4, -0.2) is 16.2 Å². The second-order valence-electron chi connectivity index (χ2n) is 3.92. The van der Waals surface area contributed by atoms with Gasteiger partial charge in [-0.05, 0) is 18.2 Å². The topological polar surface area (TPSA) is 75.7 Å². The van der Waals surface area contributed by atoms with Crippen molar-refractivity contribution in [2.75, 3.05) is 0 Å². The van der Waals surface area contributed by atoms with Gasteiger partial charge < -0.3 is 5.11 Å². The summed E-state index contributed by atoms with van der Waals surface area (Å²) in [6.45, 7) is 0. The molecule has 5 heteroatoms. The molecular formula is C15H10N2O3. The SMILES string of the molecule is C#Cc1ccccc1/N=C/c1cc([N+](=O)[O-])ccc1O. The standard InChI is InChI=1S/C15H10N2O3/c1-2-11-5-3-4-6-14(11)16-10-12-9-13(17(19)20)7-8-15(12)18/h1,3-10,18H/b16-10+. The number of para-hydroxylation sites is 1. The molecule has 2 rings (SSSR count). The normalized spacial score (nSPS) is 10.3. The van der Waals surface area contributed by atoms with E-state index in [1.165, 1.54) is 24.4 Å². The van der Waals surface area contributed by atoms with E-state index in [9.17, 15) is 15.2 Å². The molecule has 0 amide bonds. The summed E-state index contributed by atoms with van der Waals surface area (Å²) >= 11 is 0. The fourth-order valence-corrected chi connectivity index (χ4v) is 1.61. The molecule has 0 aromatic heterocycles. The first kappa shape index (κ1) is 13.3. The molecule has 2 aromatic rings. The van der Waals surface area contributed by atoms with E-state index in [0.717, 1.165) is 0 Å². The number of phenols is 1. The molecule has 0 aliphatic rings. The number of benzene rings is 2. The zero-order valence-electron chi connectivity index (χ0n) is 10.4. The van der Waals surface area contributed by atoms with Crippen molar-refractivity contribution < 1.29 is 10.0 Å². The van der Waals surface area contributed by atoms with Gasteiger partial charge in [0.25, 0.3) is 5.69 Å². The van der Waals surface area contributed by atoms with Gasteiger partial charge in [0.05, 0.1) is 10.6 Å². The minimum Gasteiger partial charge on any atom is -0.507 e. The van der Waals surface area contributed by atoms with Crippen LogP contribution in [0, 0.1) is 22.5 Å². The van der Waals surface area contributed by atoms with E-state index in [1.54, 1.807) is 24.3 Å². The Labute approximate surface area is 115 Å². The van der Waals surface area contributed by atoms with E-state index in [4.69, 9.17) is 6.42 Å². The molecule has 0 saturated carbocycles. The highest BCUT2D eigenvalue weighted by molar-refractivity contribution is 5.86. The molecule has 0 aliphatic carbocycles. The monoisotopic (exact) mass is 266 g/mol. The van der Waals surface area contributed by atoms with Crippen LogP contribution in [0.5, 0.6) is 5.75 Å². The summed E-state index contributed by atoms with van der Waals surface area (Å²) in [6.07, 6.45) is 6.70. The van der Waals surface area contributed by atoms with Crippen LogP contribution in [0.4, 0.5) is 11.4 Å². The molecule has 0 radical (unpaired) electrons. The summed E-state index contributed by atoms with van der Waals surface area (Å²) in [5.41, 5.74) is 1.30. The first-order chi connectivity index (χ1) is 9.61. The fraction of sp³-hybridized carbons (Fsp3) is 0. The third-order valence-electron chi connectivity index (χ3n) is 2.62. The smallest absolute Gasteiger partial charge is 0.270 e. The molecule has 0 saturated heterocycles. The average Bonchev–Trinajstić information content (AvgIpc) is 2.46. The minimum atomic E-state index is -0.536. The zero-order chi connectivity index (χ0) is 14.5. The molecular weight excluding hydrogens is 256 g/mol. The van der Waals surface area contributed by atoms with Gasteiger partial charge in [-0.1, -0.05) is 18.1 Å². The van der Waals surface area contributed by atoms with Gasteiger partial charge >= 0.3 is 0 Å². The summed E-state index contributed by atoms with van der Waals surface area (Å²) in [5.74, 6) is 2.41. The van der Waals surface area contributed by atoms with Crippen LogP contribution in [0.3, 0.4) is 0 Å². The van der Waals surface area contributed by atoms with Crippen molar-refractivity contribution in [1.82, 2.24) is 0 Å². The van der Waals surface area contributed by atoms with Crippen LogP contribution in [0.1, 0.15) is 11.1 Å². The predicted molar refractivity (Wildman–Crippen MR) is 76.4 cm³/mol. The van der Waals surface area contributed by atoms with E-state index in [0.29, 0.717) is 11.3 Å². The molecule has 0 atom stereocenters. The van der Waals surface area contributed by atoms with Crippen molar-refractivity contribution in [1.29, 1.82) is 0 Å². The van der Waals surface area contributed by atoms with E-state index >= 15 is 0 Å². The van der Waals surface area contributed by atoms with Gasteiger partial charge in [-0.25, -0.2) is 0 Å². The van der Waals surface area contributed by atoms with Crippen LogP contribution in [0.2, 0.25) is 0 Å². The van der Waals surface area contributed by atoms with E-state index < -0.39 is 4.92 Å². The Bertz CT molecular complexity index is 730. The number of hydrogen-bond acceptors (Lipinski definition) is 4. The predicted octanol–water partition coefficient (Wildman–Crippen LogP) is 3.03. The number of nitro benzene ring substituents is 1. The zero-order valence-corrected chi connectivity index (χ0v) is 10.4. The molecule has 0 unspecified atom stereocenters. The molecule has 5 nitrogen and oxygen atoms in total. The Morgan fingerprint density at radius 3 is 2.75 bits per heavy atom. The lowest BCUT2D eigenvalue weighted by Crippen LogP contribution is -1.90. The lowest BCUT2D eigenvalue weighted by Gasteiger charge is -2.00. The van der Waals surface area contributed by atoms with Crippen LogP contribution in [0.25, 0.3) is 0 Å². The highest BCUT2D eigenvalue weighted by atomic mass is 16.6. The van der Waals surface area contributed by atoms with Gasteiger partial charge in [0.1, 0.15) is 5.75 Å². The minimum absolute atomic E-state index is 0.0856. The van der Waals surface area contributed by atoms with E-state index in [-0.39, 0.29) is 17.0 Å². The molecule has 98 valence electrons. The Kier molecular flexibility index (Phi) is 3.77. The largest absolute Gasteiger partial charge is 0.507 e. The maximum atomic E-state index is 10.7. The third kappa shape index (κ3) is 2.82. The number of nitrogens with zero attached hydrogens (tertiary/aromatic N) is 2. The Morgan fingerprint density at radius 2 is 2.05 bits per heavy atom. The Balaban J connectivity index is 2.39. The molecule has 2 aromatic carbocycles. The summed E-state index contributed by atoms with van der Waals surface area (Å²) in [4.78, 5) is 14.3. The number of hydrogen-bond donors (Lipinski definition) is 1. The Hall–Kier alpha value is -3.13. The molecule has 0 bridgehead atoms. The van der Waals surface area contributed by atoms with Crippen molar-refractivity contribution in [2.45, 2.75) is 0 Å². The second-order valence-corrected chi connectivity index (χ2v) is 3.92. The van der Waals surface area contributed by atoms with Crippen molar-refractivity contribution in [2.24, 2.45) is 4.99 Å². The van der Waals surface area contributed by atoms with E-state index in [1.807, 2.05) is 0 Å². The summed E-state index contributed by atoms with van der Waals surface area (Å²) in [7, 11) is 0. The maximum absolute atomic E-state index is 10.7. The van der Waals surface area contributed by atoms with Crippen molar-refractivity contribution >= 4 is 17.6 Å². The van der Waals surface area contributed by atoms with Crippen molar-refractivity contribution in [3.63, 3.8) is 0 Å². The summed E-state index contributed by atoms with van der Waals surface area (Å²) in [5, 5.41) is 20.4. The van der Waals surface area contributed by atoms with Gasteiger partial charge in [-0.2, -0.15) is 0 Å². The number of phenolic OH excluding ortho intramolecular Hbond substituents is 1. The van der Waals surface area contributed by atoms with Gasteiger partial charge in [-0.15, -0.1) is 6.42 Å². The summed E-state index contributed by atoms with van der Waals surface area (Å²) in [6, 6.07) is 10.8. The number of nitro groups is 1. The second kappa shape index (κ2) is 5.67. The molecule has 0 heterocycles. The molecule has 0 fully saturated rings. The molecule has 0 aliphatic heterocycles. The quantitative estimate of drug-likeness (QED) is 0.401. The number of aromatic hydroxyl groups is 1. The van der Waals surface area contributed by atoms with Crippen LogP contribution in [-0.2, 0) is 0 Å². The number of non-ortho nitro benzene ring substituents is 1. The van der Waals surface area contributed by atoms with Crippen LogP contribution in [0.15, 0.2) is 47.5 Å². The number of terminal acetylenes is 1. The van der Waals surface area contributed by atoms with Gasteiger partial charge in [0, 0.05) is 29.5 Å². The number of rotatable bonds is 3. The fourth-order valence-electron chi connectivity index (χ4n) is 1.61. The highest BCUT2D eigenvalue weighted by Gasteiger charge is 2.08. The first-order valence-corrected chi connectivity index (χ1v) is 5.69. The number of aliphatic imine (C=N–C) groups is 1. The summed E-state index contributed by atoms with van der Waals surface area (Å²) < 4.78 is 0. The first-order valence-electron chi connectivity index (χ1n) is 5.69. The molecule has 0 spiro atoms. The van der Waals surface area contributed by atoms with Crippen molar-refractivity contribution in [3.05, 3.63) is 63.7 Å². The van der Waals surface area contributed by atoms with Gasteiger partial charge in [-0.3, -0.25) is 15.1 Å². The molecule has 1 N–H and O–H groups in total. The van der Waals surface area contributed by atoms with Crippen LogP contribution < -0.4 is 0 Å². The lowest BCUT2D eigenvalue weighted by atomic mass is 10.1. The molecule has 20 heavy (non-hydrogen) atoms. The van der Waals surface area contributed by atoms with Gasteiger partial charge in [0.2, 0.25) is 0 Å². The lowest BCUT2D eigenvalue weighted by molar-refractivity contribution is -0.384. The maximum Gasteiger partial charge on any atom is 0.270 e. The Morgan fingerprint density at radius 1 is 1.30 bits per heavy atom. The van der Waals surface area contributed by atoms with Gasteiger partial charge in [0.15, 0.2) is 0 Å². The third-order valence-corrected chi connectivity index (χ3v) is 2.62. The highest BCUT2D eigenvalue weighted by Crippen LogP contribution is 2.23. The average molecular weight is 266 g/mol. The van der Waals surface area contributed by atoms with Crippen molar-refractivity contribution in [3.8, 4) is 18.1 Å². The van der Waals surface area contributed by atoms with E-state index in [2.05, 4.69) is 10.9 Å².